The maximum atomic E-state index is 12.3. The number of carbonyl (C=O) groups excluding carboxylic acids is 1. The average molecular weight is 261 g/mol. The first-order chi connectivity index (χ1) is 9.16. The van der Waals surface area contributed by atoms with E-state index in [0.717, 1.165) is 38.3 Å². The zero-order valence-electron chi connectivity index (χ0n) is 11.9. The molecule has 104 valence electrons. The molecule has 1 aliphatic heterocycles. The van der Waals surface area contributed by atoms with E-state index in [1.165, 1.54) is 5.56 Å². The average Bonchev–Trinajstić information content (AvgIpc) is 2.67. The van der Waals surface area contributed by atoms with E-state index in [1.54, 1.807) is 0 Å². The second-order valence-corrected chi connectivity index (χ2v) is 5.18. The van der Waals surface area contributed by atoms with Crippen molar-refractivity contribution in [1.29, 1.82) is 0 Å². The molecule has 1 fully saturated rings. The number of carbonyl (C=O) groups is 1. The number of anilines is 1. The molecule has 0 spiro atoms. The van der Waals surface area contributed by atoms with Crippen molar-refractivity contribution in [1.82, 2.24) is 10.2 Å². The van der Waals surface area contributed by atoms with Crippen molar-refractivity contribution in [3.63, 3.8) is 0 Å². The fraction of sp³-hybridized carbons (Fsp3) is 0.533. The monoisotopic (exact) mass is 261 g/mol. The fourth-order valence-electron chi connectivity index (χ4n) is 2.35. The van der Waals surface area contributed by atoms with Crippen LogP contribution in [0.2, 0.25) is 0 Å². The third kappa shape index (κ3) is 3.96. The van der Waals surface area contributed by atoms with Crippen LogP contribution >= 0.6 is 0 Å². The summed E-state index contributed by atoms with van der Waals surface area (Å²) in [4.78, 5) is 16.3. The quantitative estimate of drug-likeness (QED) is 0.889. The second kappa shape index (κ2) is 6.57. The summed E-state index contributed by atoms with van der Waals surface area (Å²) in [6, 6.07) is 8.25. The van der Waals surface area contributed by atoms with E-state index in [4.69, 9.17) is 0 Å². The highest BCUT2D eigenvalue weighted by Crippen LogP contribution is 2.14. The molecule has 4 nitrogen and oxygen atoms in total. The molecule has 1 aromatic carbocycles. The maximum Gasteiger partial charge on any atom is 0.242 e. The van der Waals surface area contributed by atoms with Gasteiger partial charge in [-0.1, -0.05) is 12.1 Å². The van der Waals surface area contributed by atoms with Crippen LogP contribution in [0, 0.1) is 6.92 Å². The van der Waals surface area contributed by atoms with Gasteiger partial charge in [0.05, 0.1) is 6.54 Å². The van der Waals surface area contributed by atoms with E-state index >= 15 is 0 Å². The van der Waals surface area contributed by atoms with Crippen molar-refractivity contribution in [3.8, 4) is 0 Å². The fourth-order valence-corrected chi connectivity index (χ4v) is 2.35. The minimum absolute atomic E-state index is 0.215. The number of benzene rings is 1. The van der Waals surface area contributed by atoms with Gasteiger partial charge in [-0.05, 0) is 37.6 Å². The van der Waals surface area contributed by atoms with Crippen LogP contribution in [-0.4, -0.2) is 50.6 Å². The second-order valence-electron chi connectivity index (χ2n) is 5.18. The van der Waals surface area contributed by atoms with Gasteiger partial charge in [0.2, 0.25) is 5.91 Å². The Kier molecular flexibility index (Phi) is 4.80. The van der Waals surface area contributed by atoms with E-state index in [9.17, 15) is 4.79 Å². The van der Waals surface area contributed by atoms with Crippen LogP contribution < -0.4 is 10.2 Å². The Balaban J connectivity index is 1.94. The molecule has 0 saturated carbocycles. The minimum atomic E-state index is 0.215. The number of hydrogen-bond acceptors (Lipinski definition) is 3. The minimum Gasteiger partial charge on any atom is -0.365 e. The molecule has 19 heavy (non-hydrogen) atoms. The molecular weight excluding hydrogens is 238 g/mol. The molecule has 1 saturated heterocycles. The highest BCUT2D eigenvalue weighted by Gasteiger charge is 2.16. The Morgan fingerprint density at radius 2 is 2.21 bits per heavy atom. The molecule has 1 amide bonds. The van der Waals surface area contributed by atoms with Crippen LogP contribution in [0.25, 0.3) is 0 Å². The van der Waals surface area contributed by atoms with Crippen LogP contribution in [0.5, 0.6) is 0 Å². The standard InChI is InChI=1S/C15H23N3O/c1-13-5-3-6-14(11-13)17(2)12-15(19)18-9-4-7-16-8-10-18/h3,5-6,11,16H,4,7-10,12H2,1-2H3. The molecule has 1 aliphatic rings. The first kappa shape index (κ1) is 13.9. The third-order valence-corrected chi connectivity index (χ3v) is 3.51. The van der Waals surface area contributed by atoms with Gasteiger partial charge in [-0.25, -0.2) is 0 Å². The smallest absolute Gasteiger partial charge is 0.242 e. The Bertz CT molecular complexity index is 425. The van der Waals surface area contributed by atoms with Gasteiger partial charge in [-0.15, -0.1) is 0 Å². The summed E-state index contributed by atoms with van der Waals surface area (Å²) in [6.07, 6.45) is 1.04. The molecule has 0 aliphatic carbocycles. The highest BCUT2D eigenvalue weighted by molar-refractivity contribution is 5.81. The van der Waals surface area contributed by atoms with E-state index in [1.807, 2.05) is 29.0 Å². The van der Waals surface area contributed by atoms with Crippen molar-refractivity contribution in [3.05, 3.63) is 29.8 Å². The molecule has 0 radical (unpaired) electrons. The van der Waals surface area contributed by atoms with E-state index in [0.29, 0.717) is 6.54 Å². The number of hydrogen-bond donors (Lipinski definition) is 1. The lowest BCUT2D eigenvalue weighted by Crippen LogP contribution is -2.40. The molecular formula is C15H23N3O. The first-order valence-corrected chi connectivity index (χ1v) is 6.93. The van der Waals surface area contributed by atoms with Crippen LogP contribution in [0.4, 0.5) is 5.69 Å². The molecule has 0 bridgehead atoms. The Hall–Kier alpha value is -1.55. The summed E-state index contributed by atoms with van der Waals surface area (Å²) in [6.45, 7) is 6.12. The molecule has 1 aromatic rings. The van der Waals surface area contributed by atoms with Crippen molar-refractivity contribution < 1.29 is 4.79 Å². The Morgan fingerprint density at radius 3 is 3.00 bits per heavy atom. The molecule has 1 N–H and O–H groups in total. The summed E-state index contributed by atoms with van der Waals surface area (Å²) in [5.74, 6) is 0.215. The number of aryl methyl sites for hydroxylation is 1. The molecule has 2 rings (SSSR count). The molecule has 0 atom stereocenters. The van der Waals surface area contributed by atoms with Crippen molar-refractivity contribution in [2.45, 2.75) is 13.3 Å². The first-order valence-electron chi connectivity index (χ1n) is 6.93. The molecule has 4 heteroatoms. The number of likely N-dealkylation sites (N-methyl/N-ethyl adjacent to an activating group) is 1. The molecule has 1 heterocycles. The summed E-state index contributed by atoms with van der Waals surface area (Å²) in [5, 5.41) is 3.32. The van der Waals surface area contributed by atoms with Crippen molar-refractivity contribution in [2.75, 3.05) is 44.7 Å². The predicted octanol–water partition coefficient (Wildman–Crippen LogP) is 1.25. The lowest BCUT2D eigenvalue weighted by molar-refractivity contribution is -0.129. The van der Waals surface area contributed by atoms with Crippen LogP contribution in [0.1, 0.15) is 12.0 Å². The third-order valence-electron chi connectivity index (χ3n) is 3.51. The van der Waals surface area contributed by atoms with E-state index < -0.39 is 0 Å². The van der Waals surface area contributed by atoms with Gasteiger partial charge in [0.25, 0.3) is 0 Å². The zero-order chi connectivity index (χ0) is 13.7. The number of rotatable bonds is 3. The van der Waals surface area contributed by atoms with Crippen LogP contribution in [-0.2, 0) is 4.79 Å². The SMILES string of the molecule is Cc1cccc(N(C)CC(=O)N2CCCNCC2)c1. The topological polar surface area (TPSA) is 35.6 Å². The number of amides is 1. The normalized spacial score (nSPS) is 16.0. The molecule has 0 aromatic heterocycles. The number of nitrogens with zero attached hydrogens (tertiary/aromatic N) is 2. The van der Waals surface area contributed by atoms with Gasteiger partial charge in [0, 0.05) is 32.4 Å². The van der Waals surface area contributed by atoms with Gasteiger partial charge in [-0.2, -0.15) is 0 Å². The van der Waals surface area contributed by atoms with Gasteiger partial charge in [0.15, 0.2) is 0 Å². The Morgan fingerprint density at radius 1 is 1.37 bits per heavy atom. The van der Waals surface area contributed by atoms with Gasteiger partial charge < -0.3 is 15.1 Å². The van der Waals surface area contributed by atoms with Gasteiger partial charge in [0.1, 0.15) is 0 Å². The largest absolute Gasteiger partial charge is 0.365 e. The highest BCUT2D eigenvalue weighted by atomic mass is 16.2. The summed E-state index contributed by atoms with van der Waals surface area (Å²) >= 11 is 0. The van der Waals surface area contributed by atoms with Crippen LogP contribution in [0.15, 0.2) is 24.3 Å². The van der Waals surface area contributed by atoms with Crippen molar-refractivity contribution in [2.24, 2.45) is 0 Å². The number of nitrogens with one attached hydrogen (secondary N) is 1. The summed E-state index contributed by atoms with van der Waals surface area (Å²) in [5.41, 5.74) is 2.32. The zero-order valence-corrected chi connectivity index (χ0v) is 11.9. The maximum absolute atomic E-state index is 12.3. The van der Waals surface area contributed by atoms with Crippen molar-refractivity contribution >= 4 is 11.6 Å². The van der Waals surface area contributed by atoms with Crippen LogP contribution in [0.3, 0.4) is 0 Å². The lowest BCUT2D eigenvalue weighted by atomic mass is 10.2. The predicted molar refractivity (Wildman–Crippen MR) is 78.5 cm³/mol. The summed E-state index contributed by atoms with van der Waals surface area (Å²) < 4.78 is 0. The Labute approximate surface area is 115 Å². The molecule has 0 unspecified atom stereocenters. The summed E-state index contributed by atoms with van der Waals surface area (Å²) in [7, 11) is 1.97. The van der Waals surface area contributed by atoms with E-state index in [-0.39, 0.29) is 5.91 Å². The van der Waals surface area contributed by atoms with Gasteiger partial charge >= 0.3 is 0 Å². The lowest BCUT2D eigenvalue weighted by Gasteiger charge is -2.25. The van der Waals surface area contributed by atoms with Gasteiger partial charge in [-0.3, -0.25) is 4.79 Å². The van der Waals surface area contributed by atoms with E-state index in [2.05, 4.69) is 24.4 Å².